The van der Waals surface area contributed by atoms with Gasteiger partial charge in [-0.1, -0.05) is 19.1 Å². The Hall–Kier alpha value is -1.09. The van der Waals surface area contributed by atoms with Crippen LogP contribution in [0.5, 0.6) is 5.75 Å². The standard InChI is InChI=1S/C12H15NOS/c1-7-4-5-10-9(6-7)11(14)12(15-10)8(2)13-3/h5-7,14H,4H2,1-3H3. The van der Waals surface area contributed by atoms with E-state index in [9.17, 15) is 5.11 Å². The van der Waals surface area contributed by atoms with Gasteiger partial charge in [-0.2, -0.15) is 0 Å². The fraction of sp³-hybridized carbons (Fsp3) is 0.417. The van der Waals surface area contributed by atoms with Crippen LogP contribution in [0.1, 0.15) is 25.1 Å². The third-order valence-electron chi connectivity index (χ3n) is 2.74. The zero-order valence-electron chi connectivity index (χ0n) is 9.24. The van der Waals surface area contributed by atoms with Gasteiger partial charge < -0.3 is 5.11 Å². The minimum absolute atomic E-state index is 0.404. The Morgan fingerprint density at radius 1 is 1.60 bits per heavy atom. The van der Waals surface area contributed by atoms with E-state index in [4.69, 9.17) is 0 Å². The lowest BCUT2D eigenvalue weighted by Crippen LogP contribution is -2.23. The van der Waals surface area contributed by atoms with Crippen LogP contribution < -0.4 is 9.75 Å². The first kappa shape index (κ1) is 10.4. The molecule has 1 heterocycles. The van der Waals surface area contributed by atoms with Crippen LogP contribution in [-0.2, 0) is 0 Å². The maximum absolute atomic E-state index is 10.1. The summed E-state index contributed by atoms with van der Waals surface area (Å²) in [5, 5.41) is 11.1. The van der Waals surface area contributed by atoms with Gasteiger partial charge in [-0.05, 0) is 19.3 Å². The van der Waals surface area contributed by atoms with Gasteiger partial charge in [-0.15, -0.1) is 11.3 Å². The molecule has 0 aliphatic heterocycles. The van der Waals surface area contributed by atoms with Crippen molar-refractivity contribution in [2.75, 3.05) is 7.05 Å². The van der Waals surface area contributed by atoms with Gasteiger partial charge in [-0.3, -0.25) is 4.99 Å². The molecular formula is C12H15NOS. The third kappa shape index (κ3) is 1.72. The topological polar surface area (TPSA) is 32.6 Å². The van der Waals surface area contributed by atoms with Crippen LogP contribution in [0.15, 0.2) is 4.99 Å². The summed E-state index contributed by atoms with van der Waals surface area (Å²) >= 11 is 1.63. The van der Waals surface area contributed by atoms with Gasteiger partial charge in [0.2, 0.25) is 0 Å². The summed E-state index contributed by atoms with van der Waals surface area (Å²) in [5.74, 6) is 0.922. The Labute approximate surface area is 93.3 Å². The highest BCUT2D eigenvalue weighted by Gasteiger charge is 2.13. The Kier molecular flexibility index (Phi) is 2.65. The first-order valence-electron chi connectivity index (χ1n) is 5.11. The van der Waals surface area contributed by atoms with E-state index in [2.05, 4.69) is 24.1 Å². The van der Waals surface area contributed by atoms with E-state index in [0.29, 0.717) is 11.7 Å². The zero-order valence-corrected chi connectivity index (χ0v) is 10.1. The smallest absolute Gasteiger partial charge is 0.142 e. The van der Waals surface area contributed by atoms with Gasteiger partial charge in [0.15, 0.2) is 0 Å². The number of rotatable bonds is 1. The van der Waals surface area contributed by atoms with Crippen LogP contribution in [-0.4, -0.2) is 17.9 Å². The van der Waals surface area contributed by atoms with Crippen LogP contribution in [0.3, 0.4) is 0 Å². The molecule has 1 atom stereocenters. The monoisotopic (exact) mass is 221 g/mol. The lowest BCUT2D eigenvalue weighted by molar-refractivity contribution is 0.471. The molecule has 1 N–H and O–H groups in total. The molecule has 0 spiro atoms. The average molecular weight is 221 g/mol. The number of hydrogen-bond acceptors (Lipinski definition) is 3. The van der Waals surface area contributed by atoms with Crippen LogP contribution >= 0.6 is 11.3 Å². The zero-order chi connectivity index (χ0) is 11.0. The van der Waals surface area contributed by atoms with Gasteiger partial charge in [0, 0.05) is 16.8 Å². The van der Waals surface area contributed by atoms with Crippen molar-refractivity contribution in [1.82, 2.24) is 0 Å². The van der Waals surface area contributed by atoms with E-state index >= 15 is 0 Å². The second kappa shape index (κ2) is 3.81. The second-order valence-corrected chi connectivity index (χ2v) is 5.00. The van der Waals surface area contributed by atoms with E-state index in [1.807, 2.05) is 6.92 Å². The van der Waals surface area contributed by atoms with Crippen molar-refractivity contribution in [3.63, 3.8) is 0 Å². The Morgan fingerprint density at radius 3 is 3.00 bits per heavy atom. The van der Waals surface area contributed by atoms with Crippen molar-refractivity contribution in [2.45, 2.75) is 20.3 Å². The SMILES string of the molecule is CN=C(C)c1sc2c(c1O)=CC(C)CC=2. The van der Waals surface area contributed by atoms with E-state index in [-0.39, 0.29) is 0 Å². The highest BCUT2D eigenvalue weighted by atomic mass is 32.1. The van der Waals surface area contributed by atoms with E-state index in [1.54, 1.807) is 18.4 Å². The number of aromatic hydroxyl groups is 1. The van der Waals surface area contributed by atoms with Gasteiger partial charge in [0.1, 0.15) is 5.75 Å². The summed E-state index contributed by atoms with van der Waals surface area (Å²) in [5.41, 5.74) is 0.904. The number of thiophene rings is 1. The molecule has 1 aliphatic rings. The molecule has 0 saturated carbocycles. The van der Waals surface area contributed by atoms with Crippen LogP contribution in [0.4, 0.5) is 0 Å². The summed E-state index contributed by atoms with van der Waals surface area (Å²) in [6.45, 7) is 4.09. The number of fused-ring (bicyclic) bond motifs is 1. The van der Waals surface area contributed by atoms with Crippen LogP contribution in [0.2, 0.25) is 0 Å². The molecule has 0 amide bonds. The first-order valence-corrected chi connectivity index (χ1v) is 5.92. The van der Waals surface area contributed by atoms with Crippen molar-refractivity contribution in [1.29, 1.82) is 0 Å². The van der Waals surface area contributed by atoms with Crippen molar-refractivity contribution in [3.05, 3.63) is 14.6 Å². The molecule has 0 saturated heterocycles. The number of hydrogen-bond donors (Lipinski definition) is 1. The lowest BCUT2D eigenvalue weighted by Gasteiger charge is -2.04. The molecule has 0 radical (unpaired) electrons. The Morgan fingerprint density at radius 2 is 2.33 bits per heavy atom. The van der Waals surface area contributed by atoms with Gasteiger partial charge >= 0.3 is 0 Å². The van der Waals surface area contributed by atoms with Crippen molar-refractivity contribution in [2.24, 2.45) is 10.9 Å². The quantitative estimate of drug-likeness (QED) is 0.716. The van der Waals surface area contributed by atoms with Crippen LogP contribution in [0.25, 0.3) is 12.2 Å². The molecule has 0 aromatic carbocycles. The Balaban J connectivity index is 2.71. The maximum atomic E-state index is 10.1. The fourth-order valence-electron chi connectivity index (χ4n) is 1.76. The molecule has 0 bridgehead atoms. The summed E-state index contributed by atoms with van der Waals surface area (Å²) in [6.07, 6.45) is 5.42. The molecular weight excluding hydrogens is 206 g/mol. The lowest BCUT2D eigenvalue weighted by atomic mass is 10.0. The molecule has 15 heavy (non-hydrogen) atoms. The van der Waals surface area contributed by atoms with Crippen LogP contribution in [0, 0.1) is 5.92 Å². The molecule has 1 aromatic rings. The maximum Gasteiger partial charge on any atom is 0.142 e. The molecule has 0 fully saturated rings. The third-order valence-corrected chi connectivity index (χ3v) is 4.04. The minimum atomic E-state index is 0.404. The van der Waals surface area contributed by atoms with Crippen molar-refractivity contribution in [3.8, 4) is 5.75 Å². The predicted molar refractivity (Wildman–Crippen MR) is 66.1 cm³/mol. The summed E-state index contributed by atoms with van der Waals surface area (Å²) in [6, 6.07) is 0. The second-order valence-electron chi connectivity index (χ2n) is 3.95. The number of nitrogens with zero attached hydrogens (tertiary/aromatic N) is 1. The molecule has 1 aromatic heterocycles. The molecule has 2 nitrogen and oxygen atoms in total. The molecule has 3 heteroatoms. The summed E-state index contributed by atoms with van der Waals surface area (Å²) < 4.78 is 1.18. The molecule has 1 aliphatic carbocycles. The van der Waals surface area contributed by atoms with Crippen molar-refractivity contribution >= 4 is 29.2 Å². The minimum Gasteiger partial charge on any atom is -0.506 e. The van der Waals surface area contributed by atoms with E-state index < -0.39 is 0 Å². The van der Waals surface area contributed by atoms with Crippen molar-refractivity contribution < 1.29 is 5.11 Å². The summed E-state index contributed by atoms with van der Waals surface area (Å²) in [4.78, 5) is 5.03. The number of aliphatic imine (C=N–C) groups is 1. The van der Waals surface area contributed by atoms with Gasteiger partial charge in [0.25, 0.3) is 0 Å². The molecule has 2 rings (SSSR count). The first-order chi connectivity index (χ1) is 7.13. The van der Waals surface area contributed by atoms with Gasteiger partial charge in [0.05, 0.1) is 10.6 Å². The van der Waals surface area contributed by atoms with E-state index in [1.165, 1.54) is 4.53 Å². The molecule has 80 valence electrons. The van der Waals surface area contributed by atoms with E-state index in [0.717, 1.165) is 22.2 Å². The highest BCUT2D eigenvalue weighted by Crippen LogP contribution is 2.19. The highest BCUT2D eigenvalue weighted by molar-refractivity contribution is 7.12. The Bertz CT molecular complexity index is 525. The fourth-order valence-corrected chi connectivity index (χ4v) is 2.88. The predicted octanol–water partition coefficient (Wildman–Crippen LogP) is 1.49. The largest absolute Gasteiger partial charge is 0.506 e. The normalized spacial score (nSPS) is 20.5. The summed E-state index contributed by atoms with van der Waals surface area (Å²) in [7, 11) is 1.75. The molecule has 1 unspecified atom stereocenters. The van der Waals surface area contributed by atoms with Gasteiger partial charge in [-0.25, -0.2) is 0 Å². The average Bonchev–Trinajstić information content (AvgIpc) is 2.55.